The van der Waals surface area contributed by atoms with Gasteiger partial charge in [-0.25, -0.2) is 4.98 Å². The van der Waals surface area contributed by atoms with Gasteiger partial charge in [0.15, 0.2) is 5.82 Å². The van der Waals surface area contributed by atoms with E-state index < -0.39 is 0 Å². The van der Waals surface area contributed by atoms with Crippen molar-refractivity contribution in [2.45, 2.75) is 16.7 Å². The summed E-state index contributed by atoms with van der Waals surface area (Å²) in [4.78, 5) is 24.0. The Morgan fingerprint density at radius 1 is 1.29 bits per heavy atom. The molecule has 4 N–H and O–H groups in total. The molecule has 3 rings (SSSR count). The van der Waals surface area contributed by atoms with Crippen LogP contribution in [0.5, 0.6) is 0 Å². The standard InChI is InChI=1S/C10H9N5OS/c1-4-2-3-5-7(12-4)13-8-6(17-5)9(16)15-10(11)14-8/h2-3H,1H3,(H4,11,12,13,14,15,16). The molecule has 0 radical (unpaired) electrons. The molecule has 0 aliphatic carbocycles. The lowest BCUT2D eigenvalue weighted by molar-refractivity contribution is 1.03. The smallest absolute Gasteiger partial charge is 0.268 e. The number of rotatable bonds is 0. The second kappa shape index (κ2) is 3.49. The van der Waals surface area contributed by atoms with Crippen LogP contribution in [0, 0.1) is 6.92 Å². The monoisotopic (exact) mass is 247 g/mol. The van der Waals surface area contributed by atoms with Crippen LogP contribution in [0.3, 0.4) is 0 Å². The highest BCUT2D eigenvalue weighted by Gasteiger charge is 2.21. The van der Waals surface area contributed by atoms with Gasteiger partial charge in [-0.05, 0) is 19.1 Å². The Labute approximate surface area is 101 Å². The number of aromatic nitrogens is 3. The van der Waals surface area contributed by atoms with Crippen molar-refractivity contribution in [2.24, 2.45) is 0 Å². The fourth-order valence-electron chi connectivity index (χ4n) is 1.60. The molecule has 0 unspecified atom stereocenters. The summed E-state index contributed by atoms with van der Waals surface area (Å²) in [7, 11) is 0. The SMILES string of the molecule is Cc1ccc2c(n1)Nc1nc(N)[nH]c(=O)c1S2. The van der Waals surface area contributed by atoms with E-state index in [-0.39, 0.29) is 11.5 Å². The number of hydrogen-bond acceptors (Lipinski definition) is 6. The average molecular weight is 247 g/mol. The van der Waals surface area contributed by atoms with E-state index in [4.69, 9.17) is 5.73 Å². The molecule has 0 atom stereocenters. The zero-order chi connectivity index (χ0) is 12.0. The first-order valence-electron chi connectivity index (χ1n) is 4.96. The highest BCUT2D eigenvalue weighted by molar-refractivity contribution is 7.99. The first-order valence-corrected chi connectivity index (χ1v) is 5.77. The largest absolute Gasteiger partial charge is 0.369 e. The van der Waals surface area contributed by atoms with Gasteiger partial charge in [-0.2, -0.15) is 4.98 Å². The Morgan fingerprint density at radius 3 is 2.94 bits per heavy atom. The number of nitrogens with zero attached hydrogens (tertiary/aromatic N) is 2. The van der Waals surface area contributed by atoms with Crippen LogP contribution in [0.15, 0.2) is 26.7 Å². The molecule has 17 heavy (non-hydrogen) atoms. The normalized spacial score (nSPS) is 12.5. The minimum absolute atomic E-state index is 0.0953. The van der Waals surface area contributed by atoms with Crippen molar-refractivity contribution < 1.29 is 0 Å². The van der Waals surface area contributed by atoms with Crippen LogP contribution in [-0.4, -0.2) is 15.0 Å². The van der Waals surface area contributed by atoms with E-state index in [1.165, 1.54) is 11.8 Å². The maximum atomic E-state index is 11.7. The fraction of sp³-hybridized carbons (Fsp3) is 0.100. The third-order valence-electron chi connectivity index (χ3n) is 2.34. The van der Waals surface area contributed by atoms with Crippen LogP contribution < -0.4 is 16.6 Å². The summed E-state index contributed by atoms with van der Waals surface area (Å²) in [6.45, 7) is 1.90. The number of nitrogens with one attached hydrogen (secondary N) is 2. The molecule has 86 valence electrons. The Balaban J connectivity index is 2.17. The summed E-state index contributed by atoms with van der Waals surface area (Å²) >= 11 is 1.34. The molecule has 1 aliphatic rings. The number of aryl methyl sites for hydroxylation is 1. The van der Waals surface area contributed by atoms with E-state index in [9.17, 15) is 4.79 Å². The third-order valence-corrected chi connectivity index (χ3v) is 3.47. The summed E-state index contributed by atoms with van der Waals surface area (Å²) in [5.41, 5.74) is 6.16. The van der Waals surface area contributed by atoms with Crippen LogP contribution in [0.2, 0.25) is 0 Å². The maximum absolute atomic E-state index is 11.7. The van der Waals surface area contributed by atoms with Crippen molar-refractivity contribution in [3.8, 4) is 0 Å². The molecule has 0 fully saturated rings. The molecular formula is C10H9N5OS. The molecule has 2 aromatic rings. The number of fused-ring (bicyclic) bond motifs is 2. The van der Waals surface area contributed by atoms with Gasteiger partial charge in [-0.15, -0.1) is 0 Å². The second-order valence-corrected chi connectivity index (χ2v) is 4.71. The van der Waals surface area contributed by atoms with Crippen molar-refractivity contribution in [3.63, 3.8) is 0 Å². The van der Waals surface area contributed by atoms with Gasteiger partial charge in [0.05, 0.1) is 4.90 Å². The number of nitrogen functional groups attached to an aromatic ring is 1. The molecule has 1 aliphatic heterocycles. The minimum atomic E-state index is -0.240. The highest BCUT2D eigenvalue weighted by Crippen LogP contribution is 2.40. The number of pyridine rings is 1. The number of H-pyrrole nitrogens is 1. The molecule has 0 spiro atoms. The van der Waals surface area contributed by atoms with E-state index in [1.807, 2.05) is 19.1 Å². The molecular weight excluding hydrogens is 238 g/mol. The molecule has 0 saturated heterocycles. The maximum Gasteiger partial charge on any atom is 0.268 e. The van der Waals surface area contributed by atoms with Gasteiger partial charge in [0.1, 0.15) is 10.7 Å². The highest BCUT2D eigenvalue weighted by atomic mass is 32.2. The van der Waals surface area contributed by atoms with Gasteiger partial charge in [-0.3, -0.25) is 9.78 Å². The van der Waals surface area contributed by atoms with Gasteiger partial charge in [0, 0.05) is 5.69 Å². The second-order valence-electron chi connectivity index (χ2n) is 3.66. The van der Waals surface area contributed by atoms with Crippen molar-refractivity contribution in [2.75, 3.05) is 11.1 Å². The summed E-state index contributed by atoms with van der Waals surface area (Å²) < 4.78 is 0. The van der Waals surface area contributed by atoms with E-state index in [0.717, 1.165) is 10.6 Å². The predicted octanol–water partition coefficient (Wildman–Crippen LogP) is 1.26. The van der Waals surface area contributed by atoms with Crippen molar-refractivity contribution in [1.29, 1.82) is 0 Å². The summed E-state index contributed by atoms with van der Waals surface area (Å²) in [5, 5.41) is 3.02. The minimum Gasteiger partial charge on any atom is -0.369 e. The summed E-state index contributed by atoms with van der Waals surface area (Å²) in [6.07, 6.45) is 0. The summed E-state index contributed by atoms with van der Waals surface area (Å²) in [5.74, 6) is 1.26. The van der Waals surface area contributed by atoms with E-state index in [0.29, 0.717) is 16.5 Å². The summed E-state index contributed by atoms with van der Waals surface area (Å²) in [6, 6.07) is 3.82. The lowest BCUT2D eigenvalue weighted by Gasteiger charge is -2.18. The fourth-order valence-corrected chi connectivity index (χ4v) is 2.48. The molecule has 3 heterocycles. The van der Waals surface area contributed by atoms with Crippen LogP contribution in [0.4, 0.5) is 17.6 Å². The Hall–Kier alpha value is -2.02. The number of anilines is 3. The van der Waals surface area contributed by atoms with E-state index in [1.54, 1.807) is 0 Å². The van der Waals surface area contributed by atoms with Gasteiger partial charge in [0.2, 0.25) is 5.95 Å². The van der Waals surface area contributed by atoms with Crippen molar-refractivity contribution in [3.05, 3.63) is 28.2 Å². The Kier molecular flexibility index (Phi) is 2.08. The third kappa shape index (κ3) is 1.64. The van der Waals surface area contributed by atoms with Crippen LogP contribution in [0.1, 0.15) is 5.69 Å². The van der Waals surface area contributed by atoms with Crippen molar-refractivity contribution >= 4 is 29.3 Å². The van der Waals surface area contributed by atoms with Crippen molar-refractivity contribution in [1.82, 2.24) is 15.0 Å². The predicted molar refractivity (Wildman–Crippen MR) is 65.6 cm³/mol. The van der Waals surface area contributed by atoms with Gasteiger partial charge in [-0.1, -0.05) is 11.8 Å². The molecule has 0 aromatic carbocycles. The molecule has 0 amide bonds. The van der Waals surface area contributed by atoms with Gasteiger partial charge >= 0.3 is 0 Å². The Bertz CT molecular complexity index is 666. The van der Waals surface area contributed by atoms with Crippen LogP contribution >= 0.6 is 11.8 Å². The average Bonchev–Trinajstić information content (AvgIpc) is 2.26. The zero-order valence-corrected chi connectivity index (χ0v) is 9.76. The number of aromatic amines is 1. The lowest BCUT2D eigenvalue weighted by atomic mass is 10.3. The molecule has 2 aromatic heterocycles. The van der Waals surface area contributed by atoms with Gasteiger partial charge in [0.25, 0.3) is 5.56 Å². The number of hydrogen-bond donors (Lipinski definition) is 3. The quantitative estimate of drug-likeness (QED) is 0.553. The first-order chi connectivity index (χ1) is 8.13. The van der Waals surface area contributed by atoms with E-state index in [2.05, 4.69) is 20.3 Å². The Morgan fingerprint density at radius 2 is 2.12 bits per heavy atom. The molecule has 0 bridgehead atoms. The topological polar surface area (TPSA) is 96.7 Å². The van der Waals surface area contributed by atoms with Crippen LogP contribution in [0.25, 0.3) is 0 Å². The molecule has 7 heteroatoms. The lowest BCUT2D eigenvalue weighted by Crippen LogP contribution is -2.18. The first kappa shape index (κ1) is 10.2. The zero-order valence-electron chi connectivity index (χ0n) is 8.94. The molecule has 6 nitrogen and oxygen atoms in total. The van der Waals surface area contributed by atoms with E-state index >= 15 is 0 Å². The molecule has 0 saturated carbocycles. The number of nitrogens with two attached hydrogens (primary N) is 1. The van der Waals surface area contributed by atoms with Crippen LogP contribution in [-0.2, 0) is 0 Å². The van der Waals surface area contributed by atoms with Gasteiger partial charge < -0.3 is 11.1 Å².